The van der Waals surface area contributed by atoms with Crippen LogP contribution >= 0.6 is 0 Å². The van der Waals surface area contributed by atoms with Crippen LogP contribution in [0.25, 0.3) is 0 Å². The zero-order chi connectivity index (χ0) is 12.8. The summed E-state index contributed by atoms with van der Waals surface area (Å²) in [4.78, 5) is 12.8. The number of ether oxygens (including phenoxy) is 2. The van der Waals surface area contributed by atoms with Crippen LogP contribution in [0.4, 0.5) is 4.79 Å². The van der Waals surface area contributed by atoms with Crippen LogP contribution in [0.5, 0.6) is 5.75 Å². The zero-order valence-corrected chi connectivity index (χ0v) is 10.8. The van der Waals surface area contributed by atoms with Crippen LogP contribution in [0, 0.1) is 6.92 Å². The molecule has 0 aromatic heterocycles. The molecule has 1 aromatic carbocycles. The first-order valence-corrected chi connectivity index (χ1v) is 5.51. The van der Waals surface area contributed by atoms with Crippen LogP contribution in [-0.2, 0) is 11.2 Å². The predicted octanol–water partition coefficient (Wildman–Crippen LogP) is 2.24. The van der Waals surface area contributed by atoms with E-state index in [0.29, 0.717) is 6.54 Å². The van der Waals surface area contributed by atoms with Crippen LogP contribution in [0.15, 0.2) is 18.2 Å². The van der Waals surface area contributed by atoms with Gasteiger partial charge in [-0.15, -0.1) is 0 Å². The normalized spacial score (nSPS) is 9.88. The summed E-state index contributed by atoms with van der Waals surface area (Å²) < 4.78 is 9.92. The lowest BCUT2D eigenvalue weighted by Crippen LogP contribution is -2.28. The Hall–Kier alpha value is -1.71. The molecular weight excluding hydrogens is 218 g/mol. The minimum atomic E-state index is -0.323. The van der Waals surface area contributed by atoms with Crippen molar-refractivity contribution in [2.24, 2.45) is 0 Å². The van der Waals surface area contributed by atoms with E-state index in [1.165, 1.54) is 12.7 Å². The molecule has 1 amide bonds. The number of hydrogen-bond donors (Lipinski definition) is 0. The molecule has 0 spiro atoms. The highest BCUT2D eigenvalue weighted by Crippen LogP contribution is 2.20. The lowest BCUT2D eigenvalue weighted by molar-refractivity contribution is 0.134. The van der Waals surface area contributed by atoms with Crippen molar-refractivity contribution < 1.29 is 14.3 Å². The van der Waals surface area contributed by atoms with Crippen LogP contribution < -0.4 is 4.74 Å². The van der Waals surface area contributed by atoms with Gasteiger partial charge in [0.25, 0.3) is 0 Å². The maximum absolute atomic E-state index is 11.2. The molecule has 0 fully saturated rings. The van der Waals surface area contributed by atoms with Gasteiger partial charge in [0, 0.05) is 13.6 Å². The third-order valence-corrected chi connectivity index (χ3v) is 2.64. The van der Waals surface area contributed by atoms with Crippen molar-refractivity contribution in [1.82, 2.24) is 4.90 Å². The highest BCUT2D eigenvalue weighted by atomic mass is 16.5. The lowest BCUT2D eigenvalue weighted by atomic mass is 10.1. The van der Waals surface area contributed by atoms with Crippen molar-refractivity contribution in [2.45, 2.75) is 13.3 Å². The topological polar surface area (TPSA) is 38.8 Å². The summed E-state index contributed by atoms with van der Waals surface area (Å²) in [5.74, 6) is 0.855. The number of hydrogen-bond acceptors (Lipinski definition) is 3. The molecule has 0 bridgehead atoms. The summed E-state index contributed by atoms with van der Waals surface area (Å²) in [6.45, 7) is 2.64. The largest absolute Gasteiger partial charge is 0.496 e. The highest BCUT2D eigenvalue weighted by Gasteiger charge is 2.09. The molecule has 0 saturated heterocycles. The maximum Gasteiger partial charge on any atom is 0.409 e. The third kappa shape index (κ3) is 3.66. The minimum absolute atomic E-state index is 0.323. The minimum Gasteiger partial charge on any atom is -0.496 e. The van der Waals surface area contributed by atoms with Gasteiger partial charge in [-0.25, -0.2) is 4.79 Å². The Morgan fingerprint density at radius 1 is 1.35 bits per heavy atom. The summed E-state index contributed by atoms with van der Waals surface area (Å²) in [7, 11) is 4.75. The number of nitrogens with zero attached hydrogens (tertiary/aromatic N) is 1. The number of methoxy groups -OCH3 is 2. The second-order valence-corrected chi connectivity index (χ2v) is 3.96. The van der Waals surface area contributed by atoms with E-state index >= 15 is 0 Å². The molecule has 4 nitrogen and oxygen atoms in total. The number of aryl methyl sites for hydroxylation is 1. The maximum atomic E-state index is 11.2. The van der Waals surface area contributed by atoms with Gasteiger partial charge in [-0.3, -0.25) is 0 Å². The molecule has 0 atom stereocenters. The van der Waals surface area contributed by atoms with E-state index < -0.39 is 0 Å². The van der Waals surface area contributed by atoms with Gasteiger partial charge >= 0.3 is 6.09 Å². The Labute approximate surface area is 102 Å². The summed E-state index contributed by atoms with van der Waals surface area (Å²) in [6.07, 6.45) is 0.424. The molecule has 4 heteroatoms. The van der Waals surface area contributed by atoms with Gasteiger partial charge < -0.3 is 14.4 Å². The van der Waals surface area contributed by atoms with Crippen molar-refractivity contribution in [3.8, 4) is 5.75 Å². The first-order chi connectivity index (χ1) is 8.08. The van der Waals surface area contributed by atoms with Gasteiger partial charge in [-0.1, -0.05) is 17.7 Å². The number of carbonyl (C=O) groups excluding carboxylic acids is 1. The first-order valence-electron chi connectivity index (χ1n) is 5.51. The number of benzene rings is 1. The van der Waals surface area contributed by atoms with Gasteiger partial charge in [0.1, 0.15) is 5.75 Å². The molecule has 0 radical (unpaired) electrons. The Morgan fingerprint density at radius 3 is 2.65 bits per heavy atom. The van der Waals surface area contributed by atoms with Gasteiger partial charge in [0.15, 0.2) is 0 Å². The smallest absolute Gasteiger partial charge is 0.409 e. The van der Waals surface area contributed by atoms with E-state index in [1.54, 1.807) is 19.1 Å². The van der Waals surface area contributed by atoms with Crippen LogP contribution in [0.3, 0.4) is 0 Å². The van der Waals surface area contributed by atoms with E-state index in [4.69, 9.17) is 4.74 Å². The van der Waals surface area contributed by atoms with Gasteiger partial charge in [-0.2, -0.15) is 0 Å². The van der Waals surface area contributed by atoms with Crippen molar-refractivity contribution in [2.75, 3.05) is 27.8 Å². The molecule has 1 rings (SSSR count). The van der Waals surface area contributed by atoms with E-state index in [0.717, 1.165) is 17.7 Å². The summed E-state index contributed by atoms with van der Waals surface area (Å²) in [5, 5.41) is 0. The number of likely N-dealkylation sites (N-methyl/N-ethyl adjacent to an activating group) is 1. The average molecular weight is 237 g/mol. The molecular formula is C13H19NO3. The molecule has 0 aliphatic rings. The Kier molecular flexibility index (Phi) is 4.82. The summed E-state index contributed by atoms with van der Waals surface area (Å²) in [5.41, 5.74) is 2.28. The van der Waals surface area contributed by atoms with Gasteiger partial charge in [0.2, 0.25) is 0 Å². The first kappa shape index (κ1) is 13.4. The van der Waals surface area contributed by atoms with Crippen LogP contribution in [-0.4, -0.2) is 38.8 Å². The van der Waals surface area contributed by atoms with E-state index in [9.17, 15) is 4.79 Å². The van der Waals surface area contributed by atoms with Crippen molar-refractivity contribution >= 4 is 6.09 Å². The Balaban J connectivity index is 2.68. The summed E-state index contributed by atoms with van der Waals surface area (Å²) in [6, 6.07) is 6.03. The Bertz CT molecular complexity index is 390. The molecule has 0 unspecified atom stereocenters. The fourth-order valence-corrected chi connectivity index (χ4v) is 1.64. The molecule has 94 valence electrons. The van der Waals surface area contributed by atoms with Crippen molar-refractivity contribution in [1.29, 1.82) is 0 Å². The molecule has 0 N–H and O–H groups in total. The Morgan fingerprint density at radius 2 is 2.06 bits per heavy atom. The highest BCUT2D eigenvalue weighted by molar-refractivity contribution is 5.66. The third-order valence-electron chi connectivity index (χ3n) is 2.64. The molecule has 17 heavy (non-hydrogen) atoms. The van der Waals surface area contributed by atoms with Gasteiger partial charge in [0.05, 0.1) is 14.2 Å². The van der Waals surface area contributed by atoms with Crippen molar-refractivity contribution in [3.05, 3.63) is 29.3 Å². The monoisotopic (exact) mass is 237 g/mol. The average Bonchev–Trinajstić information content (AvgIpc) is 2.35. The SMILES string of the molecule is COC(=O)N(C)CCc1cc(C)ccc1OC. The quantitative estimate of drug-likeness (QED) is 0.806. The van der Waals surface area contributed by atoms with E-state index in [1.807, 2.05) is 19.1 Å². The number of rotatable bonds is 4. The molecule has 0 aliphatic heterocycles. The predicted molar refractivity (Wildman–Crippen MR) is 66.5 cm³/mol. The standard InChI is InChI=1S/C13H19NO3/c1-10-5-6-12(16-3)11(9-10)7-8-14(2)13(15)17-4/h5-6,9H,7-8H2,1-4H3. The van der Waals surface area contributed by atoms with Crippen LogP contribution in [0.1, 0.15) is 11.1 Å². The van der Waals surface area contributed by atoms with Crippen molar-refractivity contribution in [3.63, 3.8) is 0 Å². The fraction of sp³-hybridized carbons (Fsp3) is 0.462. The second kappa shape index (κ2) is 6.13. The van der Waals surface area contributed by atoms with Crippen LogP contribution in [0.2, 0.25) is 0 Å². The molecule has 0 saturated carbocycles. The number of amides is 1. The summed E-state index contributed by atoms with van der Waals surface area (Å²) >= 11 is 0. The molecule has 0 heterocycles. The lowest BCUT2D eigenvalue weighted by Gasteiger charge is -2.16. The van der Waals surface area contributed by atoms with Gasteiger partial charge in [-0.05, 0) is 25.0 Å². The molecule has 0 aliphatic carbocycles. The fourth-order valence-electron chi connectivity index (χ4n) is 1.64. The van der Waals surface area contributed by atoms with E-state index in [2.05, 4.69) is 10.8 Å². The van der Waals surface area contributed by atoms with E-state index in [-0.39, 0.29) is 6.09 Å². The number of carbonyl (C=O) groups is 1. The molecule has 1 aromatic rings. The second-order valence-electron chi connectivity index (χ2n) is 3.96. The zero-order valence-electron chi connectivity index (χ0n) is 10.8.